The van der Waals surface area contributed by atoms with Crippen LogP contribution in [0.4, 0.5) is 14.5 Å². The predicted molar refractivity (Wildman–Crippen MR) is 147 cm³/mol. The number of methoxy groups -OCH3 is 2. The normalized spacial score (nSPS) is 15.7. The van der Waals surface area contributed by atoms with Crippen molar-refractivity contribution in [1.29, 1.82) is 0 Å². The van der Waals surface area contributed by atoms with Crippen LogP contribution < -0.4 is 19.7 Å². The minimum absolute atomic E-state index is 0.0768. The number of rotatable bonds is 7. The van der Waals surface area contributed by atoms with Gasteiger partial charge in [-0.25, -0.2) is 8.78 Å². The highest BCUT2D eigenvalue weighted by molar-refractivity contribution is 6.06. The summed E-state index contributed by atoms with van der Waals surface area (Å²) in [6.45, 7) is 9.41. The van der Waals surface area contributed by atoms with Gasteiger partial charge in [-0.1, -0.05) is 26.8 Å². The number of carbonyl (C=O) groups excluding carboxylic acids is 2. The Morgan fingerprint density at radius 1 is 1.21 bits per heavy atom. The highest BCUT2D eigenvalue weighted by Crippen LogP contribution is 2.55. The first-order chi connectivity index (χ1) is 18.6. The van der Waals surface area contributed by atoms with Crippen molar-refractivity contribution in [3.8, 4) is 11.5 Å². The number of aromatic nitrogens is 1. The Bertz CT molecular complexity index is 1320. The molecule has 0 radical (unpaired) electrons. The van der Waals surface area contributed by atoms with Gasteiger partial charge in [-0.05, 0) is 48.6 Å². The molecule has 4 rings (SSSR count). The number of hydrogen-bond acceptors (Lipinski definition) is 6. The summed E-state index contributed by atoms with van der Waals surface area (Å²) in [6, 6.07) is 2.91. The lowest BCUT2D eigenvalue weighted by molar-refractivity contribution is -0.121. The van der Waals surface area contributed by atoms with Crippen molar-refractivity contribution < 1.29 is 27.8 Å². The van der Waals surface area contributed by atoms with Crippen LogP contribution in [-0.2, 0) is 21.5 Å². The number of anilines is 1. The largest absolute Gasteiger partial charge is 0.493 e. The van der Waals surface area contributed by atoms with Crippen molar-refractivity contribution >= 4 is 29.3 Å². The van der Waals surface area contributed by atoms with Gasteiger partial charge in [-0.3, -0.25) is 19.6 Å². The monoisotopic (exact) mass is 540 g/mol. The Morgan fingerprint density at radius 3 is 2.28 bits per heavy atom. The van der Waals surface area contributed by atoms with E-state index in [-0.39, 0.29) is 18.0 Å². The van der Waals surface area contributed by atoms with E-state index < -0.39 is 34.6 Å². The van der Waals surface area contributed by atoms with E-state index in [1.165, 1.54) is 26.9 Å². The summed E-state index contributed by atoms with van der Waals surface area (Å²) < 4.78 is 40.5. The maximum Gasteiger partial charge on any atom is 0.247 e. The van der Waals surface area contributed by atoms with Gasteiger partial charge in [0.1, 0.15) is 5.69 Å². The van der Waals surface area contributed by atoms with Crippen LogP contribution >= 0.6 is 0 Å². The van der Waals surface area contributed by atoms with Crippen molar-refractivity contribution in [3.05, 3.63) is 65.1 Å². The number of nitrogens with one attached hydrogen (secondary N) is 1. The number of carbonyl (C=O) groups is 2. The van der Waals surface area contributed by atoms with Crippen LogP contribution in [0.1, 0.15) is 56.9 Å². The molecule has 39 heavy (non-hydrogen) atoms. The summed E-state index contributed by atoms with van der Waals surface area (Å²) in [6.07, 6.45) is 6.55. The number of halogens is 2. The van der Waals surface area contributed by atoms with Crippen LogP contribution in [0.15, 0.2) is 41.7 Å². The second kappa shape index (κ2) is 12.2. The molecule has 1 N–H and O–H groups in total. The van der Waals surface area contributed by atoms with Gasteiger partial charge in [0.2, 0.25) is 11.8 Å². The summed E-state index contributed by atoms with van der Waals surface area (Å²) in [7, 11) is 4.09. The van der Waals surface area contributed by atoms with E-state index in [1.54, 1.807) is 26.2 Å². The molecule has 208 valence electrons. The van der Waals surface area contributed by atoms with Crippen LogP contribution in [0, 0.1) is 11.6 Å². The van der Waals surface area contributed by atoms with E-state index in [0.29, 0.717) is 35.4 Å². The molecule has 10 heteroatoms. The summed E-state index contributed by atoms with van der Waals surface area (Å²) >= 11 is 0. The lowest BCUT2D eigenvalue weighted by Crippen LogP contribution is -2.45. The molecule has 2 heterocycles. The number of amides is 2. The van der Waals surface area contributed by atoms with Crippen LogP contribution in [-0.4, -0.2) is 44.3 Å². The van der Waals surface area contributed by atoms with Gasteiger partial charge >= 0.3 is 0 Å². The second-order valence-corrected chi connectivity index (χ2v) is 9.28. The van der Waals surface area contributed by atoms with Crippen LogP contribution in [0.5, 0.6) is 11.5 Å². The average molecular weight is 541 g/mol. The van der Waals surface area contributed by atoms with E-state index in [0.717, 1.165) is 22.6 Å². The van der Waals surface area contributed by atoms with Crippen LogP contribution in [0.3, 0.4) is 0 Å². The predicted octanol–water partition coefficient (Wildman–Crippen LogP) is 5.11. The Kier molecular flexibility index (Phi) is 9.21. The minimum atomic E-state index is -0.979. The fraction of sp³-hybridized carbons (Fsp3) is 0.379. The number of allylic oxidation sites excluding steroid dienone is 2. The number of aliphatic imine (C=N–C) groups is 1. The second-order valence-electron chi connectivity index (χ2n) is 9.28. The lowest BCUT2D eigenvalue weighted by atomic mass is 9.85. The standard InChI is InChI=1S/C26H26F2N4O4.C3H8/c1-6-21(33)31-18(12-29-3)14(2)17-9-16-15(11-30-17)13-32(25(34)26(16)7-8-26)24-22(27)19(35-4)10-20(36-5)23(24)28;1-3-2/h6,9-12H,1,7-8,13H2,2-5H3,(H,31,33);3H2,1-2H3/b18-14-,29-12?;. The molecule has 0 bridgehead atoms. The van der Waals surface area contributed by atoms with Crippen molar-refractivity contribution in [2.75, 3.05) is 26.2 Å². The Hall–Kier alpha value is -4.08. The molecule has 0 saturated heterocycles. The molecule has 1 aromatic carbocycles. The Labute approximate surface area is 227 Å². The quantitative estimate of drug-likeness (QED) is 0.389. The van der Waals surface area contributed by atoms with Crippen LogP contribution in [0.2, 0.25) is 0 Å². The number of hydrogen-bond donors (Lipinski definition) is 1. The van der Waals surface area contributed by atoms with E-state index in [1.807, 2.05) is 0 Å². The number of pyridine rings is 1. The highest BCUT2D eigenvalue weighted by Gasteiger charge is 2.57. The average Bonchev–Trinajstić information content (AvgIpc) is 3.73. The van der Waals surface area contributed by atoms with Crippen molar-refractivity contribution in [3.63, 3.8) is 0 Å². The first kappa shape index (κ1) is 29.5. The van der Waals surface area contributed by atoms with E-state index in [4.69, 9.17) is 9.47 Å². The van der Waals surface area contributed by atoms with Crippen molar-refractivity contribution in [2.24, 2.45) is 4.99 Å². The first-order valence-electron chi connectivity index (χ1n) is 12.6. The van der Waals surface area contributed by atoms with Gasteiger partial charge in [0.25, 0.3) is 0 Å². The van der Waals surface area contributed by atoms with E-state index in [9.17, 15) is 9.59 Å². The number of ether oxygens (including phenoxy) is 2. The number of benzene rings is 1. The van der Waals surface area contributed by atoms with Crippen molar-refractivity contribution in [2.45, 2.75) is 52.0 Å². The Morgan fingerprint density at radius 2 is 1.79 bits per heavy atom. The Balaban J connectivity index is 0.00000134. The SMILES string of the molecule is C=CC(=O)N/C(C=NC)=C(/C)c1cc2c(cn1)CN(c1c(F)c(OC)cc(OC)c1F)C(=O)C21CC1.CCC. The van der Waals surface area contributed by atoms with E-state index in [2.05, 4.69) is 35.7 Å². The molecule has 0 atom stereocenters. The third-order valence-electron chi connectivity index (χ3n) is 6.55. The summed E-state index contributed by atoms with van der Waals surface area (Å²) in [5.41, 5.74) is 1.62. The smallest absolute Gasteiger partial charge is 0.247 e. The molecular weight excluding hydrogens is 506 g/mol. The lowest BCUT2D eigenvalue weighted by Gasteiger charge is -2.35. The van der Waals surface area contributed by atoms with E-state index >= 15 is 8.78 Å². The molecule has 1 aromatic heterocycles. The first-order valence-corrected chi connectivity index (χ1v) is 12.6. The zero-order valence-electron chi connectivity index (χ0n) is 23.2. The molecule has 2 aliphatic rings. The maximum atomic E-state index is 15.2. The van der Waals surface area contributed by atoms with Gasteiger partial charge in [0.05, 0.1) is 37.6 Å². The van der Waals surface area contributed by atoms with Gasteiger partial charge in [0.15, 0.2) is 23.1 Å². The summed E-state index contributed by atoms with van der Waals surface area (Å²) in [5, 5.41) is 2.70. The molecular formula is C29H34F2N4O4. The maximum absolute atomic E-state index is 15.2. The highest BCUT2D eigenvalue weighted by atomic mass is 19.1. The van der Waals surface area contributed by atoms with Crippen LogP contribution in [0.25, 0.3) is 5.57 Å². The molecule has 1 aliphatic carbocycles. The summed E-state index contributed by atoms with van der Waals surface area (Å²) in [4.78, 5) is 35.1. The number of nitrogens with zero attached hydrogens (tertiary/aromatic N) is 3. The molecule has 1 saturated carbocycles. The molecule has 8 nitrogen and oxygen atoms in total. The molecule has 2 aromatic rings. The third kappa shape index (κ3) is 5.55. The van der Waals surface area contributed by atoms with Gasteiger partial charge in [0, 0.05) is 25.5 Å². The topological polar surface area (TPSA) is 93.1 Å². The van der Waals surface area contributed by atoms with Gasteiger partial charge in [-0.2, -0.15) is 0 Å². The molecule has 1 fully saturated rings. The third-order valence-corrected chi connectivity index (χ3v) is 6.55. The molecule has 1 spiro atoms. The number of fused-ring (bicyclic) bond motifs is 2. The molecule has 2 amide bonds. The molecule has 1 aliphatic heterocycles. The fourth-order valence-corrected chi connectivity index (χ4v) is 4.45. The zero-order chi connectivity index (χ0) is 28.9. The molecule has 0 unspecified atom stereocenters. The fourth-order valence-electron chi connectivity index (χ4n) is 4.45. The van der Waals surface area contributed by atoms with Crippen molar-refractivity contribution in [1.82, 2.24) is 10.3 Å². The zero-order valence-corrected chi connectivity index (χ0v) is 23.2. The minimum Gasteiger partial charge on any atom is -0.493 e. The summed E-state index contributed by atoms with van der Waals surface area (Å²) in [5.74, 6) is -3.22. The van der Waals surface area contributed by atoms with Gasteiger partial charge < -0.3 is 19.7 Å². The van der Waals surface area contributed by atoms with Gasteiger partial charge in [-0.15, -0.1) is 0 Å².